The Hall–Kier alpha value is -3.89. The number of carbonyl (C=O) groups excluding carboxylic acids is 1. The van der Waals surface area contributed by atoms with Gasteiger partial charge in [-0.3, -0.25) is 4.79 Å². The van der Waals surface area contributed by atoms with E-state index in [-0.39, 0.29) is 11.5 Å². The van der Waals surface area contributed by atoms with Crippen LogP contribution in [0.15, 0.2) is 53.9 Å². The summed E-state index contributed by atoms with van der Waals surface area (Å²) in [6.45, 7) is -2.96. The van der Waals surface area contributed by atoms with E-state index >= 15 is 0 Å². The molecule has 2 aromatic carbocycles. The van der Waals surface area contributed by atoms with Crippen LogP contribution in [0, 0.1) is 0 Å². The molecule has 144 valence electrons. The Labute approximate surface area is 157 Å². The largest absolute Gasteiger partial charge is 0.493 e. The third-order valence-corrected chi connectivity index (χ3v) is 3.53. The monoisotopic (exact) mass is 388 g/mol. The van der Waals surface area contributed by atoms with Crippen molar-refractivity contribution in [2.24, 2.45) is 5.10 Å². The number of carbonyl (C=O) groups is 1. The lowest BCUT2D eigenvalue weighted by molar-refractivity contribution is -0.0512. The minimum Gasteiger partial charge on any atom is -0.493 e. The van der Waals surface area contributed by atoms with Crippen molar-refractivity contribution in [3.05, 3.63) is 59.9 Å². The fourth-order valence-electron chi connectivity index (χ4n) is 2.23. The second kappa shape index (κ2) is 8.66. The van der Waals surface area contributed by atoms with Gasteiger partial charge in [0, 0.05) is 5.56 Å². The molecule has 3 rings (SSSR count). The molecule has 28 heavy (non-hydrogen) atoms. The molecule has 0 unspecified atom stereocenters. The Bertz CT molecular complexity index is 962. The summed E-state index contributed by atoms with van der Waals surface area (Å²) in [6.07, 6.45) is 2.79. The van der Waals surface area contributed by atoms with Crippen LogP contribution >= 0.6 is 0 Å². The van der Waals surface area contributed by atoms with Gasteiger partial charge in [0.05, 0.1) is 19.0 Å². The zero-order valence-electron chi connectivity index (χ0n) is 14.5. The molecule has 0 atom stereocenters. The van der Waals surface area contributed by atoms with Gasteiger partial charge in [-0.25, -0.2) is 10.1 Å². The van der Waals surface area contributed by atoms with Crippen molar-refractivity contribution >= 4 is 12.1 Å². The van der Waals surface area contributed by atoms with Gasteiger partial charge in [-0.15, -0.1) is 5.10 Å². The zero-order chi connectivity index (χ0) is 19.9. The second-order valence-electron chi connectivity index (χ2n) is 5.29. The number of tetrazole rings is 1. The number of hydrogen-bond donors (Lipinski definition) is 1. The molecular formula is C17H14F2N6O3. The average Bonchev–Trinajstić information content (AvgIpc) is 3.23. The highest BCUT2D eigenvalue weighted by molar-refractivity contribution is 5.95. The normalized spacial score (nSPS) is 11.0. The maximum absolute atomic E-state index is 12.3. The average molecular weight is 388 g/mol. The van der Waals surface area contributed by atoms with Crippen LogP contribution in [-0.2, 0) is 0 Å². The minimum absolute atomic E-state index is 0.0960. The summed E-state index contributed by atoms with van der Waals surface area (Å²) in [7, 11) is 1.33. The van der Waals surface area contributed by atoms with Gasteiger partial charge in [0.1, 0.15) is 6.33 Å². The van der Waals surface area contributed by atoms with Crippen LogP contribution in [0.1, 0.15) is 15.9 Å². The number of hydrogen-bond acceptors (Lipinski definition) is 7. The molecule has 0 aliphatic rings. The van der Waals surface area contributed by atoms with Gasteiger partial charge in [-0.1, -0.05) is 0 Å². The first kappa shape index (κ1) is 18.9. The van der Waals surface area contributed by atoms with E-state index < -0.39 is 12.5 Å². The van der Waals surface area contributed by atoms with Gasteiger partial charge in [0.2, 0.25) is 0 Å². The minimum atomic E-state index is -2.96. The van der Waals surface area contributed by atoms with Crippen LogP contribution in [0.2, 0.25) is 0 Å². The van der Waals surface area contributed by atoms with Crippen LogP contribution in [0.3, 0.4) is 0 Å². The number of amides is 1. The molecule has 0 spiro atoms. The van der Waals surface area contributed by atoms with E-state index in [2.05, 4.69) is 30.8 Å². The van der Waals surface area contributed by atoms with E-state index in [9.17, 15) is 13.6 Å². The SMILES string of the molecule is COc1cc(/C=N/NC(=O)c2ccc(-n3cnnn3)cc2)ccc1OC(F)F. The third-order valence-electron chi connectivity index (χ3n) is 3.53. The smallest absolute Gasteiger partial charge is 0.387 e. The Balaban J connectivity index is 1.63. The van der Waals surface area contributed by atoms with Crippen molar-refractivity contribution in [1.82, 2.24) is 25.6 Å². The van der Waals surface area contributed by atoms with Gasteiger partial charge >= 0.3 is 6.61 Å². The Morgan fingerprint density at radius 3 is 2.64 bits per heavy atom. The fourth-order valence-corrected chi connectivity index (χ4v) is 2.23. The van der Waals surface area contributed by atoms with Crippen molar-refractivity contribution in [3.8, 4) is 17.2 Å². The Kier molecular flexibility index (Phi) is 5.84. The lowest BCUT2D eigenvalue weighted by atomic mass is 10.2. The maximum atomic E-state index is 12.3. The zero-order valence-corrected chi connectivity index (χ0v) is 14.5. The van der Waals surface area contributed by atoms with E-state index in [4.69, 9.17) is 4.74 Å². The number of hydrazone groups is 1. The quantitative estimate of drug-likeness (QED) is 0.491. The topological polar surface area (TPSA) is 104 Å². The van der Waals surface area contributed by atoms with Crippen molar-refractivity contribution < 1.29 is 23.0 Å². The highest BCUT2D eigenvalue weighted by Crippen LogP contribution is 2.28. The van der Waals surface area contributed by atoms with Gasteiger partial charge < -0.3 is 9.47 Å². The summed E-state index contributed by atoms with van der Waals surface area (Å²) >= 11 is 0. The number of ether oxygens (including phenoxy) is 2. The summed E-state index contributed by atoms with van der Waals surface area (Å²) in [5.41, 5.74) is 3.98. The number of benzene rings is 2. The molecule has 0 saturated carbocycles. The predicted molar refractivity (Wildman–Crippen MR) is 93.8 cm³/mol. The Morgan fingerprint density at radius 1 is 1.21 bits per heavy atom. The number of methoxy groups -OCH3 is 1. The van der Waals surface area contributed by atoms with Crippen LogP contribution < -0.4 is 14.9 Å². The molecule has 1 aromatic heterocycles. The van der Waals surface area contributed by atoms with Crippen LogP contribution in [0.25, 0.3) is 5.69 Å². The molecule has 1 N–H and O–H groups in total. The van der Waals surface area contributed by atoms with E-state index in [1.807, 2.05) is 0 Å². The van der Waals surface area contributed by atoms with Crippen LogP contribution in [0.4, 0.5) is 8.78 Å². The van der Waals surface area contributed by atoms with E-state index in [1.54, 1.807) is 24.3 Å². The van der Waals surface area contributed by atoms with Gasteiger partial charge in [0.15, 0.2) is 11.5 Å². The second-order valence-corrected chi connectivity index (χ2v) is 5.29. The molecule has 1 heterocycles. The number of aromatic nitrogens is 4. The molecule has 0 aliphatic heterocycles. The molecular weight excluding hydrogens is 374 g/mol. The standard InChI is InChI=1S/C17H14F2N6O3/c1-27-15-8-11(2-7-14(15)28-17(18)19)9-20-22-16(26)12-3-5-13(6-4-12)25-10-21-23-24-25/h2-10,17H,1H3,(H,22,26)/b20-9+. The molecule has 0 bridgehead atoms. The van der Waals surface area contributed by atoms with Crippen molar-refractivity contribution in [2.75, 3.05) is 7.11 Å². The lowest BCUT2D eigenvalue weighted by Crippen LogP contribution is -2.17. The summed E-state index contributed by atoms with van der Waals surface area (Å²) in [6, 6.07) is 10.8. The summed E-state index contributed by atoms with van der Waals surface area (Å²) in [5, 5.41) is 14.7. The molecule has 1 amide bonds. The number of nitrogens with one attached hydrogen (secondary N) is 1. The summed E-state index contributed by atoms with van der Waals surface area (Å²) < 4.78 is 35.5. The highest BCUT2D eigenvalue weighted by Gasteiger charge is 2.10. The van der Waals surface area contributed by atoms with Gasteiger partial charge in [-0.2, -0.15) is 13.9 Å². The molecule has 3 aromatic rings. The lowest BCUT2D eigenvalue weighted by Gasteiger charge is -2.09. The number of alkyl halides is 2. The predicted octanol–water partition coefficient (Wildman–Crippen LogP) is 2.04. The number of nitrogens with zero attached hydrogens (tertiary/aromatic N) is 5. The van der Waals surface area contributed by atoms with E-state index in [0.29, 0.717) is 16.8 Å². The first-order chi connectivity index (χ1) is 13.6. The number of halogens is 2. The summed E-state index contributed by atoms with van der Waals surface area (Å²) in [5.74, 6) is -0.403. The molecule has 9 nitrogen and oxygen atoms in total. The Morgan fingerprint density at radius 2 is 2.00 bits per heavy atom. The van der Waals surface area contributed by atoms with Crippen LogP contribution in [-0.4, -0.2) is 46.1 Å². The van der Waals surface area contributed by atoms with Crippen LogP contribution in [0.5, 0.6) is 11.5 Å². The van der Waals surface area contributed by atoms with E-state index in [0.717, 1.165) is 0 Å². The van der Waals surface area contributed by atoms with Crippen molar-refractivity contribution in [2.45, 2.75) is 6.61 Å². The highest BCUT2D eigenvalue weighted by atomic mass is 19.3. The number of rotatable bonds is 7. The third kappa shape index (κ3) is 4.63. The summed E-state index contributed by atoms with van der Waals surface area (Å²) in [4.78, 5) is 12.1. The molecule has 11 heteroatoms. The van der Waals surface area contributed by atoms with Gasteiger partial charge in [-0.05, 0) is 58.5 Å². The van der Waals surface area contributed by atoms with E-state index in [1.165, 1.54) is 42.5 Å². The molecule has 0 radical (unpaired) electrons. The van der Waals surface area contributed by atoms with Gasteiger partial charge in [0.25, 0.3) is 5.91 Å². The first-order valence-electron chi connectivity index (χ1n) is 7.86. The molecule has 0 aliphatic carbocycles. The first-order valence-corrected chi connectivity index (χ1v) is 7.86. The van der Waals surface area contributed by atoms with Crippen molar-refractivity contribution in [1.29, 1.82) is 0 Å². The maximum Gasteiger partial charge on any atom is 0.387 e. The fraction of sp³-hybridized carbons (Fsp3) is 0.118. The van der Waals surface area contributed by atoms with Crippen molar-refractivity contribution in [3.63, 3.8) is 0 Å². The molecule has 0 saturated heterocycles. The molecule has 0 fully saturated rings.